The van der Waals surface area contributed by atoms with E-state index in [0.29, 0.717) is 41.8 Å². The van der Waals surface area contributed by atoms with Crippen LogP contribution in [0.1, 0.15) is 67.8 Å². The van der Waals surface area contributed by atoms with Gasteiger partial charge in [-0.3, -0.25) is 14.5 Å². The fourth-order valence-corrected chi connectivity index (χ4v) is 7.14. The molecule has 1 aliphatic heterocycles. The first kappa shape index (κ1) is 30.4. The smallest absolute Gasteiger partial charge is 0.252 e. The number of hydrogen-bond donors (Lipinski definition) is 4. The Morgan fingerprint density at radius 3 is 2.58 bits per heavy atom. The number of phenolic OH excluding ortho intramolecular Hbond substituents is 1. The van der Waals surface area contributed by atoms with Gasteiger partial charge in [-0.25, -0.2) is 0 Å². The summed E-state index contributed by atoms with van der Waals surface area (Å²) in [4.78, 5) is 29.9. The fraction of sp³-hybridized carbons (Fsp3) is 0.562. The summed E-state index contributed by atoms with van der Waals surface area (Å²) in [7, 11) is 0. The van der Waals surface area contributed by atoms with Crippen LogP contribution in [0.5, 0.6) is 5.75 Å². The lowest BCUT2D eigenvalue weighted by atomic mass is 9.72. The second-order valence-electron chi connectivity index (χ2n) is 11.4. The molecule has 2 aliphatic rings. The van der Waals surface area contributed by atoms with Gasteiger partial charge in [-0.1, -0.05) is 56.9 Å². The molecule has 218 valence electrons. The van der Waals surface area contributed by atoms with Crippen LogP contribution in [0.25, 0.3) is 0 Å². The maximum Gasteiger partial charge on any atom is 0.252 e. The lowest BCUT2D eigenvalue weighted by Gasteiger charge is -2.46. The summed E-state index contributed by atoms with van der Waals surface area (Å²) in [6, 6.07) is 14.0. The molecule has 2 fully saturated rings. The van der Waals surface area contributed by atoms with E-state index in [1.807, 2.05) is 30.3 Å². The number of rotatable bonds is 12. The minimum atomic E-state index is -0.871. The first-order valence-corrected chi connectivity index (χ1v) is 15.8. The second-order valence-corrected chi connectivity index (χ2v) is 12.5. The van der Waals surface area contributed by atoms with Gasteiger partial charge < -0.3 is 20.8 Å². The van der Waals surface area contributed by atoms with Gasteiger partial charge in [-0.05, 0) is 62.3 Å². The first-order chi connectivity index (χ1) is 19.4. The molecule has 8 heteroatoms. The zero-order chi connectivity index (χ0) is 28.5. The molecule has 40 heavy (non-hydrogen) atoms. The molecule has 2 aromatic rings. The maximum absolute atomic E-state index is 13.3. The van der Waals surface area contributed by atoms with Gasteiger partial charge in [0.25, 0.3) is 5.91 Å². The van der Waals surface area contributed by atoms with Crippen LogP contribution < -0.4 is 10.6 Å². The Morgan fingerprint density at radius 2 is 1.82 bits per heavy atom. The van der Waals surface area contributed by atoms with Crippen molar-refractivity contribution in [1.29, 1.82) is 0 Å². The number of phenols is 1. The third-order valence-electron chi connectivity index (χ3n) is 8.56. The number of piperidine rings is 1. The molecular weight excluding hydrogens is 522 g/mol. The molecule has 3 unspecified atom stereocenters. The first-order valence-electron chi connectivity index (χ1n) is 14.8. The van der Waals surface area contributed by atoms with E-state index in [9.17, 15) is 19.8 Å². The van der Waals surface area contributed by atoms with E-state index in [4.69, 9.17) is 0 Å². The fourth-order valence-electron chi connectivity index (χ4n) is 6.11. The summed E-state index contributed by atoms with van der Waals surface area (Å²) >= 11 is 1.58. The number of thioether (sulfide) groups is 1. The van der Waals surface area contributed by atoms with Crippen LogP contribution in [-0.2, 0) is 4.79 Å². The van der Waals surface area contributed by atoms with E-state index in [2.05, 4.69) is 22.5 Å². The van der Waals surface area contributed by atoms with Crippen molar-refractivity contribution in [3.63, 3.8) is 0 Å². The Morgan fingerprint density at radius 1 is 1.07 bits per heavy atom. The molecule has 0 radical (unpaired) electrons. The van der Waals surface area contributed by atoms with Crippen molar-refractivity contribution >= 4 is 23.6 Å². The van der Waals surface area contributed by atoms with E-state index in [1.54, 1.807) is 36.9 Å². The van der Waals surface area contributed by atoms with E-state index in [1.165, 1.54) is 25.7 Å². The molecule has 0 aromatic heterocycles. The largest absolute Gasteiger partial charge is 0.508 e. The summed E-state index contributed by atoms with van der Waals surface area (Å²) in [5, 5.41) is 27.9. The van der Waals surface area contributed by atoms with Crippen molar-refractivity contribution in [3.05, 3.63) is 59.7 Å². The molecule has 4 rings (SSSR count). The van der Waals surface area contributed by atoms with E-state index in [0.717, 1.165) is 30.7 Å². The number of nitrogens with one attached hydrogen (secondary N) is 2. The van der Waals surface area contributed by atoms with Crippen molar-refractivity contribution in [2.75, 3.05) is 25.4 Å². The number of aliphatic hydroxyl groups excluding tert-OH is 1. The van der Waals surface area contributed by atoms with E-state index < -0.39 is 12.1 Å². The summed E-state index contributed by atoms with van der Waals surface area (Å²) in [6.07, 6.45) is 6.73. The predicted molar refractivity (Wildman–Crippen MR) is 161 cm³/mol. The van der Waals surface area contributed by atoms with Crippen LogP contribution in [0.15, 0.2) is 53.4 Å². The zero-order valence-electron chi connectivity index (χ0n) is 23.9. The van der Waals surface area contributed by atoms with Crippen molar-refractivity contribution in [3.8, 4) is 5.75 Å². The van der Waals surface area contributed by atoms with E-state index >= 15 is 0 Å². The molecule has 0 bridgehead atoms. The van der Waals surface area contributed by atoms with Crippen molar-refractivity contribution in [2.24, 2.45) is 11.8 Å². The molecule has 0 spiro atoms. The van der Waals surface area contributed by atoms with Crippen LogP contribution in [0, 0.1) is 18.8 Å². The highest BCUT2D eigenvalue weighted by Crippen LogP contribution is 2.39. The number of carbonyl (C=O) groups is 2. The Labute approximate surface area is 243 Å². The van der Waals surface area contributed by atoms with Gasteiger partial charge in [0.05, 0.1) is 18.2 Å². The third-order valence-corrected chi connectivity index (χ3v) is 9.69. The topological polar surface area (TPSA) is 102 Å². The second kappa shape index (κ2) is 14.9. The van der Waals surface area contributed by atoms with Gasteiger partial charge >= 0.3 is 0 Å². The van der Waals surface area contributed by atoms with Gasteiger partial charge in [0, 0.05) is 41.4 Å². The average Bonchev–Trinajstić information content (AvgIpc) is 2.96. The molecule has 2 aromatic carbocycles. The number of hydrogen-bond acceptors (Lipinski definition) is 6. The minimum Gasteiger partial charge on any atom is -0.508 e. The third kappa shape index (κ3) is 8.02. The predicted octanol–water partition coefficient (Wildman–Crippen LogP) is 4.75. The molecule has 4 N–H and O–H groups in total. The molecule has 1 saturated carbocycles. The van der Waals surface area contributed by atoms with Crippen LogP contribution >= 0.6 is 11.8 Å². The van der Waals surface area contributed by atoms with Crippen LogP contribution in [0.2, 0.25) is 0 Å². The summed E-state index contributed by atoms with van der Waals surface area (Å²) in [5.41, 5.74) is 0.894. The highest BCUT2D eigenvalue weighted by Gasteiger charge is 2.41. The quantitative estimate of drug-likeness (QED) is 0.218. The van der Waals surface area contributed by atoms with Crippen molar-refractivity contribution in [1.82, 2.24) is 15.5 Å². The molecule has 2 amide bonds. The molecule has 1 heterocycles. The number of fused-ring (bicyclic) bond motifs is 1. The summed E-state index contributed by atoms with van der Waals surface area (Å²) in [6.45, 7) is 5.61. The summed E-state index contributed by atoms with van der Waals surface area (Å²) < 4.78 is 0. The number of unbranched alkanes of at least 4 members (excludes halogenated alkanes) is 1. The zero-order valence-corrected chi connectivity index (χ0v) is 24.7. The van der Waals surface area contributed by atoms with Gasteiger partial charge in [0.2, 0.25) is 5.91 Å². The standard InChI is InChI=1S/C32H45N3O4S/c1-3-4-17-33-32(39)28-18-23-11-8-9-12-24(23)19-35(28)20-30(37)27(21-40-25-13-6-5-7-14-25)34-31(38)26-15-10-16-29(36)22(26)2/h5-7,10,13-16,23-24,27-28,30,36-37H,3-4,8-9,11-12,17-21H2,1-2H3,(H,33,39)(H,34,38)/t23?,24?,27-,28?,30+/m0/s1. The molecular formula is C32H45N3O4S. The minimum absolute atomic E-state index is 0.0549. The van der Waals surface area contributed by atoms with Crippen LogP contribution in [0.3, 0.4) is 0 Å². The number of carbonyl (C=O) groups excluding carboxylic acids is 2. The Hall–Kier alpha value is -2.55. The lowest BCUT2D eigenvalue weighted by Crippen LogP contribution is -2.59. The van der Waals surface area contributed by atoms with Crippen LogP contribution in [0.4, 0.5) is 0 Å². The number of β-amino-alcohol motifs (C(OH)–C–C–N with tert-alkyl or cyclic N) is 1. The van der Waals surface area contributed by atoms with Crippen molar-refractivity contribution < 1.29 is 19.8 Å². The Bertz CT molecular complexity index is 1110. The monoisotopic (exact) mass is 567 g/mol. The number of amides is 2. The van der Waals surface area contributed by atoms with E-state index in [-0.39, 0.29) is 23.6 Å². The highest BCUT2D eigenvalue weighted by atomic mass is 32.2. The Balaban J connectivity index is 1.51. The SMILES string of the molecule is CCCCNC(=O)C1CC2CCCCC2CN1C[C@@H](O)[C@H](CSc1ccccc1)NC(=O)c1cccc(O)c1C. The van der Waals surface area contributed by atoms with Crippen LogP contribution in [-0.4, -0.2) is 70.5 Å². The molecule has 7 nitrogen and oxygen atoms in total. The number of nitrogens with zero attached hydrogens (tertiary/aromatic N) is 1. The normalized spacial score (nSPS) is 22.6. The maximum atomic E-state index is 13.3. The molecule has 1 aliphatic carbocycles. The lowest BCUT2D eigenvalue weighted by molar-refractivity contribution is -0.131. The number of benzene rings is 2. The number of likely N-dealkylation sites (tertiary alicyclic amines) is 1. The number of aliphatic hydroxyl groups is 1. The summed E-state index contributed by atoms with van der Waals surface area (Å²) in [5.74, 6) is 1.37. The molecule has 1 saturated heterocycles. The average molecular weight is 568 g/mol. The highest BCUT2D eigenvalue weighted by molar-refractivity contribution is 7.99. The van der Waals surface area contributed by atoms with Gasteiger partial charge in [-0.15, -0.1) is 11.8 Å². The van der Waals surface area contributed by atoms with Gasteiger partial charge in [0.15, 0.2) is 0 Å². The van der Waals surface area contributed by atoms with Gasteiger partial charge in [-0.2, -0.15) is 0 Å². The van der Waals surface area contributed by atoms with Gasteiger partial charge in [0.1, 0.15) is 5.75 Å². The number of aromatic hydroxyl groups is 1. The molecule has 5 atom stereocenters. The van der Waals surface area contributed by atoms with Crippen molar-refractivity contribution in [2.45, 2.75) is 81.9 Å². The Kier molecular flexibility index (Phi) is 11.3.